The van der Waals surface area contributed by atoms with Gasteiger partial charge in [-0.05, 0) is 68.2 Å². The van der Waals surface area contributed by atoms with Crippen LogP contribution in [0.15, 0.2) is 52.9 Å². The van der Waals surface area contributed by atoms with Gasteiger partial charge in [-0.2, -0.15) is 0 Å². The number of rotatable bonds is 6. The van der Waals surface area contributed by atoms with Gasteiger partial charge in [-0.15, -0.1) is 0 Å². The fourth-order valence-electron chi connectivity index (χ4n) is 3.77. The molecule has 2 aromatic carbocycles. The molecule has 4 rings (SSSR count). The zero-order valence-corrected chi connectivity index (χ0v) is 18.4. The van der Waals surface area contributed by atoms with Crippen molar-refractivity contribution >= 4 is 6.09 Å². The number of carbonyl (C=O) groups excluding carboxylic acids is 1. The van der Waals surface area contributed by atoms with Crippen molar-refractivity contribution < 1.29 is 13.9 Å². The Balaban J connectivity index is 1.42. The Morgan fingerprint density at radius 2 is 1.58 bits per heavy atom. The van der Waals surface area contributed by atoms with Crippen molar-refractivity contribution in [3.05, 3.63) is 60.0 Å². The van der Waals surface area contributed by atoms with Gasteiger partial charge in [0.15, 0.2) is 0 Å². The number of ether oxygens (including phenoxy) is 1. The van der Waals surface area contributed by atoms with E-state index in [1.54, 1.807) is 26.2 Å². The van der Waals surface area contributed by atoms with E-state index in [2.05, 4.69) is 17.0 Å². The third-order valence-corrected chi connectivity index (χ3v) is 5.65. The van der Waals surface area contributed by atoms with Crippen LogP contribution >= 0.6 is 0 Å². The lowest BCUT2D eigenvalue weighted by atomic mass is 10.0. The third kappa shape index (κ3) is 5.14. The lowest BCUT2D eigenvalue weighted by molar-refractivity contribution is 0.172. The average Bonchev–Trinajstić information content (AvgIpc) is 3.42. The Bertz CT molecular complexity index is 1020. The van der Waals surface area contributed by atoms with Crippen LogP contribution < -0.4 is 4.74 Å². The highest BCUT2D eigenvalue weighted by Crippen LogP contribution is 2.27. The van der Waals surface area contributed by atoms with Gasteiger partial charge in [0.25, 0.3) is 0 Å². The van der Waals surface area contributed by atoms with Crippen molar-refractivity contribution in [2.75, 3.05) is 33.7 Å². The summed E-state index contributed by atoms with van der Waals surface area (Å²) in [5.41, 5.74) is 4.14. The Morgan fingerprint density at radius 3 is 2.19 bits per heavy atom. The molecule has 3 aromatic rings. The molecule has 1 saturated heterocycles. The lowest BCUT2D eigenvalue weighted by Crippen LogP contribution is -2.25. The molecule has 0 saturated carbocycles. The van der Waals surface area contributed by atoms with Crippen LogP contribution in [0.2, 0.25) is 0 Å². The zero-order valence-electron chi connectivity index (χ0n) is 18.4. The number of carbonyl (C=O) groups is 1. The van der Waals surface area contributed by atoms with Gasteiger partial charge in [0, 0.05) is 32.6 Å². The standard InChI is InChI=1S/C25H29N3O3/c1-18-23(14-17-28-15-4-5-16-28)26-24(30-18)21-8-6-19(7-9-21)20-10-12-22(13-11-20)31-25(29)27(2)3/h6-13H,4-5,14-17H2,1-3H3. The highest BCUT2D eigenvalue weighted by atomic mass is 16.6. The average molecular weight is 420 g/mol. The normalized spacial score (nSPS) is 14.0. The minimum atomic E-state index is -0.391. The van der Waals surface area contributed by atoms with E-state index in [1.807, 2.05) is 31.2 Å². The summed E-state index contributed by atoms with van der Waals surface area (Å²) in [5, 5.41) is 0. The van der Waals surface area contributed by atoms with Gasteiger partial charge in [0.2, 0.25) is 5.89 Å². The Morgan fingerprint density at radius 1 is 1.00 bits per heavy atom. The molecular weight excluding hydrogens is 390 g/mol. The van der Waals surface area contributed by atoms with Gasteiger partial charge in [-0.25, -0.2) is 9.78 Å². The summed E-state index contributed by atoms with van der Waals surface area (Å²) in [4.78, 5) is 20.3. The van der Waals surface area contributed by atoms with Crippen LogP contribution in [0.5, 0.6) is 5.75 Å². The van der Waals surface area contributed by atoms with Crippen molar-refractivity contribution in [2.24, 2.45) is 0 Å². The van der Waals surface area contributed by atoms with Crippen molar-refractivity contribution in [3.8, 4) is 28.3 Å². The number of aryl methyl sites for hydroxylation is 1. The van der Waals surface area contributed by atoms with E-state index in [-0.39, 0.29) is 0 Å². The number of likely N-dealkylation sites (tertiary alicyclic amines) is 1. The summed E-state index contributed by atoms with van der Waals surface area (Å²) < 4.78 is 11.2. The lowest BCUT2D eigenvalue weighted by Gasteiger charge is -2.12. The summed E-state index contributed by atoms with van der Waals surface area (Å²) >= 11 is 0. The molecule has 31 heavy (non-hydrogen) atoms. The molecule has 0 atom stereocenters. The quantitative estimate of drug-likeness (QED) is 0.562. The second-order valence-corrected chi connectivity index (χ2v) is 8.18. The van der Waals surface area contributed by atoms with Crippen LogP contribution in [-0.2, 0) is 6.42 Å². The summed E-state index contributed by atoms with van der Waals surface area (Å²) in [6.07, 6.45) is 3.15. The molecule has 0 bridgehead atoms. The number of aromatic nitrogens is 1. The van der Waals surface area contributed by atoms with Crippen LogP contribution in [0.4, 0.5) is 4.79 Å². The number of oxazole rings is 1. The van der Waals surface area contributed by atoms with Crippen molar-refractivity contribution in [3.63, 3.8) is 0 Å². The second kappa shape index (κ2) is 9.35. The number of hydrogen-bond acceptors (Lipinski definition) is 5. The maximum Gasteiger partial charge on any atom is 0.414 e. The monoisotopic (exact) mass is 419 g/mol. The molecule has 0 N–H and O–H groups in total. The first-order valence-electron chi connectivity index (χ1n) is 10.8. The first kappa shape index (κ1) is 21.1. The van der Waals surface area contributed by atoms with E-state index in [0.29, 0.717) is 11.6 Å². The molecule has 6 nitrogen and oxygen atoms in total. The van der Waals surface area contributed by atoms with E-state index in [4.69, 9.17) is 14.1 Å². The van der Waals surface area contributed by atoms with Crippen molar-refractivity contribution in [2.45, 2.75) is 26.2 Å². The molecule has 0 unspecified atom stereocenters. The Labute approximate surface area is 183 Å². The summed E-state index contributed by atoms with van der Waals surface area (Å²) in [6, 6.07) is 15.7. The first-order chi connectivity index (χ1) is 15.0. The molecule has 1 amide bonds. The largest absolute Gasteiger partial charge is 0.441 e. The van der Waals surface area contributed by atoms with Gasteiger partial charge in [0.1, 0.15) is 11.5 Å². The van der Waals surface area contributed by atoms with Crippen molar-refractivity contribution in [1.29, 1.82) is 0 Å². The maximum absolute atomic E-state index is 11.7. The van der Waals surface area contributed by atoms with Gasteiger partial charge in [-0.1, -0.05) is 24.3 Å². The molecule has 6 heteroatoms. The molecular formula is C25H29N3O3. The predicted molar refractivity (Wildman–Crippen MR) is 121 cm³/mol. The smallest absolute Gasteiger partial charge is 0.414 e. The van der Waals surface area contributed by atoms with E-state index < -0.39 is 6.09 Å². The SMILES string of the molecule is Cc1oc(-c2ccc(-c3ccc(OC(=O)N(C)C)cc3)cc2)nc1CCN1CCCC1. The maximum atomic E-state index is 11.7. The van der Waals surface area contributed by atoms with Gasteiger partial charge < -0.3 is 19.0 Å². The summed E-state index contributed by atoms with van der Waals surface area (Å²) in [6.45, 7) is 5.44. The first-order valence-corrected chi connectivity index (χ1v) is 10.8. The van der Waals surface area contributed by atoms with Crippen LogP contribution in [0, 0.1) is 6.92 Å². The van der Waals surface area contributed by atoms with E-state index >= 15 is 0 Å². The van der Waals surface area contributed by atoms with Crippen LogP contribution in [0.25, 0.3) is 22.6 Å². The molecule has 2 heterocycles. The zero-order chi connectivity index (χ0) is 21.8. The minimum absolute atomic E-state index is 0.391. The molecule has 1 fully saturated rings. The highest BCUT2D eigenvalue weighted by Gasteiger charge is 2.15. The predicted octanol–water partition coefficient (Wildman–Crippen LogP) is 5.02. The number of amides is 1. The molecule has 0 radical (unpaired) electrons. The van der Waals surface area contributed by atoms with E-state index in [0.717, 1.165) is 41.1 Å². The molecule has 162 valence electrons. The molecule has 1 aromatic heterocycles. The topological polar surface area (TPSA) is 58.8 Å². The summed E-state index contributed by atoms with van der Waals surface area (Å²) in [7, 11) is 3.31. The summed E-state index contributed by atoms with van der Waals surface area (Å²) in [5.74, 6) is 2.10. The second-order valence-electron chi connectivity index (χ2n) is 8.18. The highest BCUT2D eigenvalue weighted by molar-refractivity contribution is 5.71. The Kier molecular flexibility index (Phi) is 6.37. The van der Waals surface area contributed by atoms with Gasteiger partial charge >= 0.3 is 6.09 Å². The van der Waals surface area contributed by atoms with Crippen molar-refractivity contribution in [1.82, 2.24) is 14.8 Å². The van der Waals surface area contributed by atoms with Crippen LogP contribution in [0.1, 0.15) is 24.3 Å². The molecule has 1 aliphatic heterocycles. The molecule has 0 aliphatic carbocycles. The fourth-order valence-corrected chi connectivity index (χ4v) is 3.77. The third-order valence-electron chi connectivity index (χ3n) is 5.65. The van der Waals surface area contributed by atoms with Crippen LogP contribution in [0.3, 0.4) is 0 Å². The van der Waals surface area contributed by atoms with Gasteiger partial charge in [0.05, 0.1) is 5.69 Å². The molecule has 1 aliphatic rings. The van der Waals surface area contributed by atoms with Gasteiger partial charge in [-0.3, -0.25) is 0 Å². The van der Waals surface area contributed by atoms with E-state index in [9.17, 15) is 4.79 Å². The number of hydrogen-bond donors (Lipinski definition) is 0. The molecule has 0 spiro atoms. The Hall–Kier alpha value is -3.12. The van der Waals surface area contributed by atoms with E-state index in [1.165, 1.54) is 30.8 Å². The number of benzene rings is 2. The minimum Gasteiger partial charge on any atom is -0.441 e. The van der Waals surface area contributed by atoms with Crippen LogP contribution in [-0.4, -0.2) is 54.6 Å². The number of nitrogens with zero attached hydrogens (tertiary/aromatic N) is 3. The fraction of sp³-hybridized carbons (Fsp3) is 0.360.